The molecular formula is C19H29N3O3. The van der Waals surface area contributed by atoms with Crippen LogP contribution in [0.4, 0.5) is 0 Å². The number of amides is 1. The molecule has 0 spiro atoms. The van der Waals surface area contributed by atoms with Gasteiger partial charge in [0.05, 0.1) is 6.10 Å². The van der Waals surface area contributed by atoms with Gasteiger partial charge in [-0.3, -0.25) is 9.59 Å². The van der Waals surface area contributed by atoms with Crippen molar-refractivity contribution in [2.75, 3.05) is 27.2 Å². The average molecular weight is 347 g/mol. The van der Waals surface area contributed by atoms with Crippen molar-refractivity contribution in [3.63, 3.8) is 0 Å². The van der Waals surface area contributed by atoms with Gasteiger partial charge >= 0.3 is 0 Å². The van der Waals surface area contributed by atoms with E-state index in [1.54, 1.807) is 10.6 Å². The lowest BCUT2D eigenvalue weighted by Crippen LogP contribution is -2.46. The summed E-state index contributed by atoms with van der Waals surface area (Å²) in [4.78, 5) is 29.4. The number of likely N-dealkylation sites (N-methyl/N-ethyl adjacent to an activating group) is 1. The molecule has 0 bridgehead atoms. The Bertz CT molecular complexity index is 712. The van der Waals surface area contributed by atoms with E-state index in [-0.39, 0.29) is 29.2 Å². The van der Waals surface area contributed by atoms with Crippen molar-refractivity contribution in [3.8, 4) is 0 Å². The average Bonchev–Trinajstić information content (AvgIpc) is 2.96. The standard InChI is InChI=1S/C19H29N3O3/c1-5-22-12(2)6-7-15(19(22)25)18(24)21-10-13-8-16(20(3)4)17(23)9-14(13)11-21/h6-7,13-14,16-17,23H,5,8-11H2,1-4H3/t13-,14+,16-,17-/m1/s1. The second-order valence-electron chi connectivity index (χ2n) is 7.74. The van der Waals surface area contributed by atoms with E-state index in [1.807, 2.05) is 38.9 Å². The minimum Gasteiger partial charge on any atom is -0.391 e. The minimum absolute atomic E-state index is 0.146. The molecule has 1 aliphatic heterocycles. The molecule has 2 heterocycles. The number of rotatable bonds is 3. The molecule has 3 rings (SSSR count). The van der Waals surface area contributed by atoms with Gasteiger partial charge in [-0.25, -0.2) is 0 Å². The Morgan fingerprint density at radius 3 is 2.48 bits per heavy atom. The zero-order chi connectivity index (χ0) is 18.3. The molecule has 0 unspecified atom stereocenters. The van der Waals surface area contributed by atoms with Gasteiger partial charge in [0.15, 0.2) is 0 Å². The zero-order valence-electron chi connectivity index (χ0n) is 15.6. The predicted octanol–water partition coefficient (Wildman–Crippen LogP) is 0.950. The highest BCUT2D eigenvalue weighted by Crippen LogP contribution is 2.38. The molecule has 1 aliphatic carbocycles. The maximum atomic E-state index is 12.9. The molecule has 25 heavy (non-hydrogen) atoms. The van der Waals surface area contributed by atoms with Crippen molar-refractivity contribution < 1.29 is 9.90 Å². The molecule has 2 fully saturated rings. The molecule has 6 heteroatoms. The van der Waals surface area contributed by atoms with Gasteiger partial charge in [0.2, 0.25) is 0 Å². The van der Waals surface area contributed by atoms with Crippen LogP contribution in [0.3, 0.4) is 0 Å². The third kappa shape index (κ3) is 3.25. The summed E-state index contributed by atoms with van der Waals surface area (Å²) in [5.41, 5.74) is 0.931. The normalized spacial score (nSPS) is 29.1. The summed E-state index contributed by atoms with van der Waals surface area (Å²) in [5, 5.41) is 10.4. The number of pyridine rings is 1. The lowest BCUT2D eigenvalue weighted by molar-refractivity contribution is 0.00940. The highest BCUT2D eigenvalue weighted by Gasteiger charge is 2.43. The van der Waals surface area contributed by atoms with Crippen LogP contribution in [0.15, 0.2) is 16.9 Å². The number of aliphatic hydroxyl groups is 1. The van der Waals surface area contributed by atoms with E-state index in [1.165, 1.54) is 0 Å². The van der Waals surface area contributed by atoms with Gasteiger partial charge in [0.1, 0.15) is 5.56 Å². The molecule has 1 N–H and O–H groups in total. The van der Waals surface area contributed by atoms with Crippen molar-refractivity contribution in [1.82, 2.24) is 14.4 Å². The Labute approximate surface area is 149 Å². The largest absolute Gasteiger partial charge is 0.391 e. The Kier molecular flexibility index (Phi) is 5.02. The summed E-state index contributed by atoms with van der Waals surface area (Å²) in [7, 11) is 3.98. The number of aryl methyl sites for hydroxylation is 1. The molecule has 1 aromatic rings. The van der Waals surface area contributed by atoms with E-state index >= 15 is 0 Å². The van der Waals surface area contributed by atoms with Crippen LogP contribution in [0.1, 0.15) is 35.8 Å². The van der Waals surface area contributed by atoms with Gasteiger partial charge in [-0.2, -0.15) is 0 Å². The van der Waals surface area contributed by atoms with Crippen LogP contribution in [0.2, 0.25) is 0 Å². The molecule has 1 saturated carbocycles. The van der Waals surface area contributed by atoms with Crippen LogP contribution in [0.5, 0.6) is 0 Å². The number of hydrogen-bond acceptors (Lipinski definition) is 4. The monoisotopic (exact) mass is 347 g/mol. The molecule has 1 saturated heterocycles. The lowest BCUT2D eigenvalue weighted by Gasteiger charge is -2.38. The van der Waals surface area contributed by atoms with Crippen LogP contribution in [-0.4, -0.2) is 64.7 Å². The summed E-state index contributed by atoms with van der Waals surface area (Å²) in [5.74, 6) is 0.560. The van der Waals surface area contributed by atoms with Crippen LogP contribution in [-0.2, 0) is 6.54 Å². The number of carbonyl (C=O) groups is 1. The second kappa shape index (κ2) is 6.92. The van der Waals surface area contributed by atoms with E-state index in [0.29, 0.717) is 31.5 Å². The molecule has 1 amide bonds. The predicted molar refractivity (Wildman–Crippen MR) is 96.7 cm³/mol. The number of nitrogens with zero attached hydrogens (tertiary/aromatic N) is 3. The van der Waals surface area contributed by atoms with E-state index in [4.69, 9.17) is 0 Å². The number of carbonyl (C=O) groups excluding carboxylic acids is 1. The van der Waals surface area contributed by atoms with Gasteiger partial charge < -0.3 is 19.5 Å². The Balaban J connectivity index is 1.79. The fourth-order valence-corrected chi connectivity index (χ4v) is 4.53. The highest BCUT2D eigenvalue weighted by atomic mass is 16.3. The molecule has 1 aromatic heterocycles. The minimum atomic E-state index is -0.344. The fourth-order valence-electron chi connectivity index (χ4n) is 4.53. The number of aliphatic hydroxyl groups excluding tert-OH is 1. The quantitative estimate of drug-likeness (QED) is 0.884. The molecule has 4 atom stereocenters. The zero-order valence-corrected chi connectivity index (χ0v) is 15.6. The molecule has 138 valence electrons. The van der Waals surface area contributed by atoms with Crippen LogP contribution in [0.25, 0.3) is 0 Å². The topological polar surface area (TPSA) is 65.8 Å². The van der Waals surface area contributed by atoms with E-state index < -0.39 is 0 Å². The molecule has 0 aromatic carbocycles. The molecular weight excluding hydrogens is 318 g/mol. The number of hydrogen-bond donors (Lipinski definition) is 1. The van der Waals surface area contributed by atoms with Crippen molar-refractivity contribution in [2.24, 2.45) is 11.8 Å². The summed E-state index contributed by atoms with van der Waals surface area (Å²) < 4.78 is 1.64. The molecule has 2 aliphatic rings. The first-order valence-corrected chi connectivity index (χ1v) is 9.17. The Morgan fingerprint density at radius 2 is 1.88 bits per heavy atom. The second-order valence-corrected chi connectivity index (χ2v) is 7.74. The lowest BCUT2D eigenvalue weighted by atomic mass is 9.77. The molecule has 0 radical (unpaired) electrons. The summed E-state index contributed by atoms with van der Waals surface area (Å²) in [6, 6.07) is 3.64. The first-order valence-electron chi connectivity index (χ1n) is 9.17. The van der Waals surface area contributed by atoms with Gasteiger partial charge in [-0.1, -0.05) is 0 Å². The van der Waals surface area contributed by atoms with E-state index in [2.05, 4.69) is 4.90 Å². The van der Waals surface area contributed by atoms with Crippen molar-refractivity contribution in [2.45, 2.75) is 45.4 Å². The Hall–Kier alpha value is -1.66. The van der Waals surface area contributed by atoms with E-state index in [9.17, 15) is 14.7 Å². The number of aromatic nitrogens is 1. The van der Waals surface area contributed by atoms with Gasteiger partial charge in [-0.05, 0) is 64.8 Å². The van der Waals surface area contributed by atoms with Gasteiger partial charge in [0, 0.05) is 31.4 Å². The maximum absolute atomic E-state index is 12.9. The number of fused-ring (bicyclic) bond motifs is 1. The Morgan fingerprint density at radius 1 is 1.24 bits per heavy atom. The molecule has 6 nitrogen and oxygen atoms in total. The van der Waals surface area contributed by atoms with Crippen LogP contribution < -0.4 is 5.56 Å². The van der Waals surface area contributed by atoms with E-state index in [0.717, 1.165) is 18.5 Å². The maximum Gasteiger partial charge on any atom is 0.263 e. The first kappa shape index (κ1) is 18.1. The van der Waals surface area contributed by atoms with Crippen LogP contribution in [0, 0.1) is 18.8 Å². The van der Waals surface area contributed by atoms with Crippen LogP contribution >= 0.6 is 0 Å². The fraction of sp³-hybridized carbons (Fsp3) is 0.684. The third-order valence-corrected chi connectivity index (χ3v) is 6.00. The first-order chi connectivity index (χ1) is 11.8. The smallest absolute Gasteiger partial charge is 0.263 e. The van der Waals surface area contributed by atoms with Gasteiger partial charge in [0.25, 0.3) is 11.5 Å². The van der Waals surface area contributed by atoms with Crippen molar-refractivity contribution >= 4 is 5.91 Å². The van der Waals surface area contributed by atoms with Crippen molar-refractivity contribution in [3.05, 3.63) is 33.7 Å². The van der Waals surface area contributed by atoms with Crippen molar-refractivity contribution in [1.29, 1.82) is 0 Å². The van der Waals surface area contributed by atoms with Gasteiger partial charge in [-0.15, -0.1) is 0 Å². The summed E-state index contributed by atoms with van der Waals surface area (Å²) >= 11 is 0. The highest BCUT2D eigenvalue weighted by molar-refractivity contribution is 5.94. The number of likely N-dealkylation sites (tertiary alicyclic amines) is 1. The SMILES string of the molecule is CCn1c(C)ccc(C(=O)N2C[C@H]3C[C@@H](N(C)C)[C@H](O)C[C@H]3C2)c1=O. The summed E-state index contributed by atoms with van der Waals surface area (Å²) in [6.07, 6.45) is 1.28. The third-order valence-electron chi connectivity index (χ3n) is 6.00. The summed E-state index contributed by atoms with van der Waals surface area (Å²) in [6.45, 7) is 5.68.